The molecule has 0 unspecified atom stereocenters. The van der Waals surface area contributed by atoms with Gasteiger partial charge in [-0.05, 0) is 37.1 Å². The second-order valence-electron chi connectivity index (χ2n) is 4.30. The fourth-order valence-electron chi connectivity index (χ4n) is 1.68. The number of ether oxygens (including phenoxy) is 1. The van der Waals surface area contributed by atoms with Crippen LogP contribution in [-0.4, -0.2) is 19.1 Å². The lowest BCUT2D eigenvalue weighted by molar-refractivity contribution is -0.117. The fourth-order valence-corrected chi connectivity index (χ4v) is 1.68. The molecule has 3 heteroatoms. The monoisotopic (exact) mass is 247 g/mol. The van der Waals surface area contributed by atoms with Gasteiger partial charge in [0, 0.05) is 12.1 Å². The summed E-state index contributed by atoms with van der Waals surface area (Å²) in [6, 6.07) is 7.80. The molecule has 18 heavy (non-hydrogen) atoms. The van der Waals surface area contributed by atoms with E-state index in [9.17, 15) is 4.79 Å². The van der Waals surface area contributed by atoms with Crippen LogP contribution in [0, 0.1) is 0 Å². The van der Waals surface area contributed by atoms with Crippen molar-refractivity contribution in [3.8, 4) is 5.75 Å². The number of benzene rings is 1. The molecular formula is C15H21NO2. The summed E-state index contributed by atoms with van der Waals surface area (Å²) in [5.74, 6) is 0.764. The van der Waals surface area contributed by atoms with E-state index in [0.717, 1.165) is 24.2 Å². The van der Waals surface area contributed by atoms with E-state index in [0.29, 0.717) is 0 Å². The summed E-state index contributed by atoms with van der Waals surface area (Å²) in [5, 5.41) is 2.92. The van der Waals surface area contributed by atoms with E-state index in [4.69, 9.17) is 4.74 Å². The van der Waals surface area contributed by atoms with Crippen LogP contribution in [0.25, 0.3) is 6.08 Å². The van der Waals surface area contributed by atoms with Crippen molar-refractivity contribution in [1.82, 2.24) is 5.32 Å². The van der Waals surface area contributed by atoms with Crippen LogP contribution in [0.2, 0.25) is 0 Å². The minimum atomic E-state index is -0.0493. The van der Waals surface area contributed by atoms with Crippen LogP contribution >= 0.6 is 0 Å². The molecule has 1 N–H and O–H groups in total. The summed E-state index contributed by atoms with van der Waals surface area (Å²) in [6.07, 6.45) is 5.44. The van der Waals surface area contributed by atoms with Crippen molar-refractivity contribution in [2.45, 2.75) is 32.7 Å². The molecule has 0 spiro atoms. The Kier molecular flexibility index (Phi) is 5.98. The minimum Gasteiger partial charge on any atom is -0.497 e. The summed E-state index contributed by atoms with van der Waals surface area (Å²) in [4.78, 5) is 11.6. The van der Waals surface area contributed by atoms with Crippen LogP contribution in [-0.2, 0) is 4.79 Å². The third kappa shape index (κ3) is 5.04. The topological polar surface area (TPSA) is 38.3 Å². The van der Waals surface area contributed by atoms with Crippen LogP contribution in [0.15, 0.2) is 30.3 Å². The standard InChI is InChI=1S/C15H21NO2/c1-4-5-12(2)16-15(17)11-8-13-6-9-14(18-3)10-7-13/h6-12H,4-5H2,1-3H3,(H,16,17)/b11-8+/t12-/m1/s1. The first-order chi connectivity index (χ1) is 8.65. The van der Waals surface area contributed by atoms with Crippen molar-refractivity contribution in [2.24, 2.45) is 0 Å². The first kappa shape index (κ1) is 14.3. The highest BCUT2D eigenvalue weighted by Gasteiger charge is 2.02. The Morgan fingerprint density at radius 2 is 2.06 bits per heavy atom. The van der Waals surface area contributed by atoms with Crippen molar-refractivity contribution in [2.75, 3.05) is 7.11 Å². The molecule has 1 amide bonds. The van der Waals surface area contributed by atoms with Crippen LogP contribution in [0.3, 0.4) is 0 Å². The Bertz CT molecular complexity index is 395. The van der Waals surface area contributed by atoms with Crippen molar-refractivity contribution in [3.05, 3.63) is 35.9 Å². The molecule has 3 nitrogen and oxygen atoms in total. The zero-order valence-electron chi connectivity index (χ0n) is 11.3. The molecule has 0 aliphatic rings. The number of nitrogens with one attached hydrogen (secondary N) is 1. The highest BCUT2D eigenvalue weighted by atomic mass is 16.5. The van der Waals surface area contributed by atoms with Gasteiger partial charge in [-0.15, -0.1) is 0 Å². The van der Waals surface area contributed by atoms with Gasteiger partial charge in [0.15, 0.2) is 0 Å². The lowest BCUT2D eigenvalue weighted by atomic mass is 10.2. The largest absolute Gasteiger partial charge is 0.497 e. The molecule has 0 aliphatic heterocycles. The van der Waals surface area contributed by atoms with Gasteiger partial charge in [0.05, 0.1) is 7.11 Å². The van der Waals surface area contributed by atoms with Gasteiger partial charge in [0.2, 0.25) is 5.91 Å². The number of amides is 1. The predicted octanol–water partition coefficient (Wildman–Crippen LogP) is 3.01. The maximum absolute atomic E-state index is 11.6. The van der Waals surface area contributed by atoms with Crippen LogP contribution in [0.4, 0.5) is 0 Å². The Morgan fingerprint density at radius 3 is 2.61 bits per heavy atom. The molecule has 0 fully saturated rings. The maximum Gasteiger partial charge on any atom is 0.244 e. The van der Waals surface area contributed by atoms with Gasteiger partial charge in [-0.1, -0.05) is 25.5 Å². The smallest absolute Gasteiger partial charge is 0.244 e. The molecule has 0 bridgehead atoms. The number of hydrogen-bond acceptors (Lipinski definition) is 2. The number of rotatable bonds is 6. The van der Waals surface area contributed by atoms with Crippen molar-refractivity contribution < 1.29 is 9.53 Å². The van der Waals surface area contributed by atoms with Gasteiger partial charge in [-0.2, -0.15) is 0 Å². The van der Waals surface area contributed by atoms with Gasteiger partial charge in [0.1, 0.15) is 5.75 Å². The van der Waals surface area contributed by atoms with Crippen LogP contribution in [0.5, 0.6) is 5.75 Å². The van der Waals surface area contributed by atoms with E-state index in [1.165, 1.54) is 0 Å². The second kappa shape index (κ2) is 7.54. The first-order valence-corrected chi connectivity index (χ1v) is 6.28. The number of carbonyl (C=O) groups is 1. The zero-order chi connectivity index (χ0) is 13.4. The van der Waals surface area contributed by atoms with Crippen molar-refractivity contribution in [1.29, 1.82) is 0 Å². The first-order valence-electron chi connectivity index (χ1n) is 6.28. The van der Waals surface area contributed by atoms with E-state index in [-0.39, 0.29) is 11.9 Å². The van der Waals surface area contributed by atoms with Gasteiger partial charge in [0.25, 0.3) is 0 Å². The fraction of sp³-hybridized carbons (Fsp3) is 0.400. The average molecular weight is 247 g/mol. The second-order valence-corrected chi connectivity index (χ2v) is 4.30. The molecular weight excluding hydrogens is 226 g/mol. The summed E-state index contributed by atoms with van der Waals surface area (Å²) < 4.78 is 5.07. The molecule has 1 rings (SSSR count). The minimum absolute atomic E-state index is 0.0493. The molecule has 98 valence electrons. The summed E-state index contributed by atoms with van der Waals surface area (Å²) in [7, 11) is 1.63. The van der Waals surface area contributed by atoms with E-state index in [1.54, 1.807) is 19.3 Å². The molecule has 1 aromatic carbocycles. The normalized spacial score (nSPS) is 12.4. The van der Waals surface area contributed by atoms with Gasteiger partial charge in [-0.3, -0.25) is 4.79 Å². The lowest BCUT2D eigenvalue weighted by Crippen LogP contribution is -2.30. The van der Waals surface area contributed by atoms with E-state index in [2.05, 4.69) is 12.2 Å². The summed E-state index contributed by atoms with van der Waals surface area (Å²) in [5.41, 5.74) is 0.981. The van der Waals surface area contributed by atoms with E-state index >= 15 is 0 Å². The van der Waals surface area contributed by atoms with Crippen LogP contribution < -0.4 is 10.1 Å². The van der Waals surface area contributed by atoms with Crippen molar-refractivity contribution >= 4 is 12.0 Å². The van der Waals surface area contributed by atoms with Crippen molar-refractivity contribution in [3.63, 3.8) is 0 Å². The lowest BCUT2D eigenvalue weighted by Gasteiger charge is -2.10. The number of methoxy groups -OCH3 is 1. The molecule has 0 aliphatic carbocycles. The third-order valence-corrected chi connectivity index (χ3v) is 2.65. The number of carbonyl (C=O) groups excluding carboxylic acids is 1. The zero-order valence-corrected chi connectivity index (χ0v) is 11.3. The quantitative estimate of drug-likeness (QED) is 0.785. The van der Waals surface area contributed by atoms with Gasteiger partial charge >= 0.3 is 0 Å². The van der Waals surface area contributed by atoms with Crippen LogP contribution in [0.1, 0.15) is 32.3 Å². The molecule has 0 aromatic heterocycles. The number of hydrogen-bond donors (Lipinski definition) is 1. The Hall–Kier alpha value is -1.77. The van der Waals surface area contributed by atoms with Gasteiger partial charge in [-0.25, -0.2) is 0 Å². The van der Waals surface area contributed by atoms with E-state index in [1.807, 2.05) is 31.2 Å². The molecule has 1 atom stereocenters. The highest BCUT2D eigenvalue weighted by Crippen LogP contribution is 2.12. The highest BCUT2D eigenvalue weighted by molar-refractivity contribution is 5.91. The molecule has 0 heterocycles. The Balaban J connectivity index is 2.49. The Labute approximate surface area is 109 Å². The average Bonchev–Trinajstić information content (AvgIpc) is 2.37. The molecule has 1 aromatic rings. The molecule has 0 saturated carbocycles. The molecule has 0 radical (unpaired) electrons. The predicted molar refractivity (Wildman–Crippen MR) is 74.5 cm³/mol. The summed E-state index contributed by atoms with van der Waals surface area (Å²) in [6.45, 7) is 4.12. The SMILES string of the molecule is CCC[C@@H](C)NC(=O)/C=C/c1ccc(OC)cc1. The Morgan fingerprint density at radius 1 is 1.39 bits per heavy atom. The van der Waals surface area contributed by atoms with Gasteiger partial charge < -0.3 is 10.1 Å². The maximum atomic E-state index is 11.6. The molecule has 0 saturated heterocycles. The third-order valence-electron chi connectivity index (χ3n) is 2.65. The summed E-state index contributed by atoms with van der Waals surface area (Å²) >= 11 is 0. The van der Waals surface area contributed by atoms with E-state index < -0.39 is 0 Å².